The molecule has 6 nitrogen and oxygen atoms in total. The Morgan fingerprint density at radius 3 is 2.46 bits per heavy atom. The standard InChI is InChI=1S/C27H19BrClN3O3S2/c1-15-6-8-17(9-7-15)23(33)21-22(16-10-12-19(28)13-11-16)32(25(35)24(21)34)26-30-31-27(37-26)36-14-18-4-2-3-5-20(18)29/h2-13,22,33H,14H2,1H3/b23-21-. The maximum atomic E-state index is 13.3. The van der Waals surface area contributed by atoms with Crippen LogP contribution in [0.15, 0.2) is 87.2 Å². The van der Waals surface area contributed by atoms with Crippen LogP contribution >= 0.6 is 50.6 Å². The predicted octanol–water partition coefficient (Wildman–Crippen LogP) is 7.18. The lowest BCUT2D eigenvalue weighted by Gasteiger charge is -2.22. The molecule has 5 rings (SSSR count). The Bertz CT molecular complexity index is 1520. The Labute approximate surface area is 235 Å². The third-order valence-electron chi connectivity index (χ3n) is 5.87. The number of nitrogens with zero attached hydrogens (tertiary/aromatic N) is 3. The normalized spacial score (nSPS) is 16.9. The molecule has 0 radical (unpaired) electrons. The number of benzene rings is 3. The highest BCUT2D eigenvalue weighted by Crippen LogP contribution is 2.44. The molecule has 0 bridgehead atoms. The van der Waals surface area contributed by atoms with E-state index in [1.165, 1.54) is 28.0 Å². The lowest BCUT2D eigenvalue weighted by Crippen LogP contribution is -2.29. The monoisotopic (exact) mass is 611 g/mol. The second-order valence-electron chi connectivity index (χ2n) is 8.32. The summed E-state index contributed by atoms with van der Waals surface area (Å²) in [5.41, 5.74) is 3.10. The number of aryl methyl sites for hydroxylation is 1. The number of rotatable bonds is 6. The van der Waals surface area contributed by atoms with E-state index < -0.39 is 17.7 Å². The van der Waals surface area contributed by atoms with E-state index in [-0.39, 0.29) is 16.5 Å². The van der Waals surface area contributed by atoms with Crippen LogP contribution in [0.2, 0.25) is 5.02 Å². The number of halogens is 2. The van der Waals surface area contributed by atoms with Gasteiger partial charge < -0.3 is 5.11 Å². The van der Waals surface area contributed by atoms with Gasteiger partial charge in [-0.1, -0.05) is 111 Å². The van der Waals surface area contributed by atoms with Crippen molar-refractivity contribution in [2.75, 3.05) is 4.90 Å². The molecule has 1 unspecified atom stereocenters. The zero-order valence-electron chi connectivity index (χ0n) is 19.4. The minimum atomic E-state index is -0.858. The highest BCUT2D eigenvalue weighted by atomic mass is 79.9. The fourth-order valence-corrected chi connectivity index (χ4v) is 6.39. The molecule has 4 aromatic rings. The summed E-state index contributed by atoms with van der Waals surface area (Å²) in [4.78, 5) is 27.9. The summed E-state index contributed by atoms with van der Waals surface area (Å²) >= 11 is 12.4. The quantitative estimate of drug-likeness (QED) is 0.0817. The Morgan fingerprint density at radius 2 is 1.76 bits per heavy atom. The van der Waals surface area contributed by atoms with Crippen molar-refractivity contribution in [2.45, 2.75) is 23.1 Å². The largest absolute Gasteiger partial charge is 0.507 e. The second-order valence-corrected chi connectivity index (χ2v) is 11.8. The third kappa shape index (κ3) is 5.22. The van der Waals surface area contributed by atoms with E-state index in [9.17, 15) is 14.7 Å². The third-order valence-corrected chi connectivity index (χ3v) is 8.87. The van der Waals surface area contributed by atoms with Gasteiger partial charge in [-0.2, -0.15) is 0 Å². The molecule has 37 heavy (non-hydrogen) atoms. The zero-order valence-corrected chi connectivity index (χ0v) is 23.4. The van der Waals surface area contributed by atoms with Gasteiger partial charge in [-0.3, -0.25) is 14.5 Å². The number of aliphatic hydroxyl groups excluding tert-OH is 1. The van der Waals surface area contributed by atoms with Crippen LogP contribution in [-0.2, 0) is 15.3 Å². The Hall–Kier alpha value is -2.98. The van der Waals surface area contributed by atoms with Gasteiger partial charge in [-0.25, -0.2) is 0 Å². The van der Waals surface area contributed by atoms with Crippen LogP contribution in [-0.4, -0.2) is 27.0 Å². The van der Waals surface area contributed by atoms with Gasteiger partial charge in [0.05, 0.1) is 11.6 Å². The smallest absolute Gasteiger partial charge is 0.301 e. The fraction of sp³-hybridized carbons (Fsp3) is 0.111. The molecule has 0 aliphatic carbocycles. The first-order chi connectivity index (χ1) is 17.8. The first kappa shape index (κ1) is 25.7. The Balaban J connectivity index is 1.54. The van der Waals surface area contributed by atoms with E-state index >= 15 is 0 Å². The molecule has 1 aromatic heterocycles. The van der Waals surface area contributed by atoms with Gasteiger partial charge >= 0.3 is 5.91 Å². The number of thioether (sulfide) groups is 1. The van der Waals surface area contributed by atoms with Crippen LogP contribution in [0.5, 0.6) is 0 Å². The molecule has 2 heterocycles. The number of anilines is 1. The van der Waals surface area contributed by atoms with Crippen LogP contribution in [0.25, 0.3) is 5.76 Å². The summed E-state index contributed by atoms with van der Waals surface area (Å²) in [6.45, 7) is 1.93. The van der Waals surface area contributed by atoms with Crippen molar-refractivity contribution in [1.82, 2.24) is 10.2 Å². The molecule has 0 spiro atoms. The van der Waals surface area contributed by atoms with Crippen molar-refractivity contribution in [2.24, 2.45) is 0 Å². The summed E-state index contributed by atoms with van der Waals surface area (Å²) in [7, 11) is 0. The predicted molar refractivity (Wildman–Crippen MR) is 151 cm³/mol. The maximum Gasteiger partial charge on any atom is 0.301 e. The maximum absolute atomic E-state index is 13.3. The van der Waals surface area contributed by atoms with Gasteiger partial charge in [0.25, 0.3) is 5.78 Å². The van der Waals surface area contributed by atoms with Crippen LogP contribution in [0.4, 0.5) is 5.13 Å². The molecule has 0 saturated carbocycles. The summed E-state index contributed by atoms with van der Waals surface area (Å²) < 4.78 is 1.48. The number of hydrogen-bond acceptors (Lipinski definition) is 7. The van der Waals surface area contributed by atoms with E-state index in [1.807, 2.05) is 67.6 Å². The van der Waals surface area contributed by atoms with E-state index in [2.05, 4.69) is 26.1 Å². The fourth-order valence-electron chi connectivity index (χ4n) is 3.97. The summed E-state index contributed by atoms with van der Waals surface area (Å²) in [6, 6.07) is 21.1. The van der Waals surface area contributed by atoms with E-state index in [4.69, 9.17) is 11.6 Å². The molecule has 1 atom stereocenters. The highest BCUT2D eigenvalue weighted by molar-refractivity contribution is 9.10. The number of Topliss-reactive ketones (excluding diaryl/α,β-unsaturated/α-hetero) is 1. The van der Waals surface area contributed by atoms with Gasteiger partial charge in [-0.15, -0.1) is 10.2 Å². The molecule has 1 N–H and O–H groups in total. The van der Waals surface area contributed by atoms with Gasteiger partial charge in [-0.05, 0) is 36.2 Å². The van der Waals surface area contributed by atoms with Gasteiger partial charge in [0.2, 0.25) is 5.13 Å². The molecule has 10 heteroatoms. The van der Waals surface area contributed by atoms with Crippen molar-refractivity contribution >= 4 is 73.2 Å². The number of aromatic nitrogens is 2. The van der Waals surface area contributed by atoms with Crippen molar-refractivity contribution in [3.8, 4) is 0 Å². The molecule has 1 amide bonds. The van der Waals surface area contributed by atoms with Gasteiger partial charge in [0, 0.05) is 20.8 Å². The second kappa shape index (κ2) is 10.8. The zero-order chi connectivity index (χ0) is 26.1. The molecule has 186 valence electrons. The number of carbonyl (C=O) groups is 2. The van der Waals surface area contributed by atoms with Gasteiger partial charge in [0.15, 0.2) is 4.34 Å². The Morgan fingerprint density at radius 1 is 1.05 bits per heavy atom. The van der Waals surface area contributed by atoms with Crippen LogP contribution in [0, 0.1) is 6.92 Å². The minimum Gasteiger partial charge on any atom is -0.507 e. The molecule has 3 aromatic carbocycles. The first-order valence-corrected chi connectivity index (χ1v) is 14.1. The van der Waals surface area contributed by atoms with Crippen LogP contribution in [0.3, 0.4) is 0 Å². The Kier molecular flexibility index (Phi) is 7.48. The average molecular weight is 613 g/mol. The number of aliphatic hydroxyl groups is 1. The molecule has 1 aliphatic rings. The van der Waals surface area contributed by atoms with Crippen LogP contribution in [0.1, 0.15) is 28.3 Å². The molecule has 1 fully saturated rings. The first-order valence-electron chi connectivity index (χ1n) is 11.2. The number of carbonyl (C=O) groups excluding carboxylic acids is 2. The topological polar surface area (TPSA) is 83.4 Å². The van der Waals surface area contributed by atoms with Crippen molar-refractivity contribution in [1.29, 1.82) is 0 Å². The molecular weight excluding hydrogens is 594 g/mol. The lowest BCUT2D eigenvalue weighted by atomic mass is 9.95. The number of hydrogen-bond donors (Lipinski definition) is 1. The summed E-state index contributed by atoms with van der Waals surface area (Å²) in [6.07, 6.45) is 0. The number of ketones is 1. The highest BCUT2D eigenvalue weighted by Gasteiger charge is 2.48. The number of amides is 1. The molecular formula is C27H19BrClN3O3S2. The van der Waals surface area contributed by atoms with Crippen molar-refractivity contribution < 1.29 is 14.7 Å². The van der Waals surface area contributed by atoms with E-state index in [0.29, 0.717) is 26.2 Å². The SMILES string of the molecule is Cc1ccc(/C(O)=C2/C(=O)C(=O)N(c3nnc(SCc4ccccc4Cl)s3)C2c2ccc(Br)cc2)cc1. The average Bonchev–Trinajstić information content (AvgIpc) is 3.46. The van der Waals surface area contributed by atoms with Crippen LogP contribution < -0.4 is 4.90 Å². The van der Waals surface area contributed by atoms with Crippen molar-refractivity contribution in [3.63, 3.8) is 0 Å². The lowest BCUT2D eigenvalue weighted by molar-refractivity contribution is -0.132. The van der Waals surface area contributed by atoms with E-state index in [1.54, 1.807) is 12.1 Å². The summed E-state index contributed by atoms with van der Waals surface area (Å²) in [5.74, 6) is -1.19. The van der Waals surface area contributed by atoms with Crippen molar-refractivity contribution in [3.05, 3.63) is 110 Å². The van der Waals surface area contributed by atoms with E-state index in [0.717, 1.165) is 15.6 Å². The molecule has 1 saturated heterocycles. The summed E-state index contributed by atoms with van der Waals surface area (Å²) in [5, 5.41) is 20.6. The van der Waals surface area contributed by atoms with Gasteiger partial charge in [0.1, 0.15) is 5.76 Å². The minimum absolute atomic E-state index is 0.0108. The molecule has 1 aliphatic heterocycles.